The fraction of sp³-hybridized carbons (Fsp3) is 0.0476. The molecule has 1 amide bonds. The minimum Gasteiger partial charge on any atom is -0.423 e. The van der Waals surface area contributed by atoms with Crippen LogP contribution in [0.5, 0.6) is 5.75 Å². The maximum absolute atomic E-state index is 12.0. The smallest absolute Gasteiger partial charge is 0.336 e. The van der Waals surface area contributed by atoms with Crippen LogP contribution in [0.25, 0.3) is 16.8 Å². The Hall–Kier alpha value is -3.40. The van der Waals surface area contributed by atoms with Gasteiger partial charge in [-0.1, -0.05) is 42.5 Å². The van der Waals surface area contributed by atoms with Crippen molar-refractivity contribution in [1.29, 1.82) is 0 Å². The molecule has 0 unspecified atom stereocenters. The maximum Gasteiger partial charge on any atom is 0.336 e. The Morgan fingerprint density at radius 1 is 0.920 bits per heavy atom. The van der Waals surface area contributed by atoms with Crippen molar-refractivity contribution in [3.05, 3.63) is 78.4 Å². The Morgan fingerprint density at radius 3 is 2.40 bits per heavy atom. The first-order valence-electron chi connectivity index (χ1n) is 7.87. The zero-order valence-electron chi connectivity index (χ0n) is 13.7. The quantitative estimate of drug-likeness (QED) is 0.437. The van der Waals surface area contributed by atoms with E-state index in [1.165, 1.54) is 13.0 Å². The zero-order chi connectivity index (χ0) is 17.6. The topological polar surface area (TPSA) is 55.4 Å². The van der Waals surface area contributed by atoms with E-state index in [0.717, 1.165) is 16.3 Å². The molecule has 4 nitrogen and oxygen atoms in total. The first-order chi connectivity index (χ1) is 12.1. The van der Waals surface area contributed by atoms with Gasteiger partial charge in [-0.15, -0.1) is 0 Å². The first-order valence-corrected chi connectivity index (χ1v) is 7.87. The van der Waals surface area contributed by atoms with E-state index in [0.29, 0.717) is 11.4 Å². The van der Waals surface area contributed by atoms with E-state index in [1.54, 1.807) is 30.3 Å². The third-order valence-electron chi connectivity index (χ3n) is 3.62. The lowest BCUT2D eigenvalue weighted by Crippen LogP contribution is -2.06. The second-order valence-corrected chi connectivity index (χ2v) is 5.53. The summed E-state index contributed by atoms with van der Waals surface area (Å²) in [6, 6.07) is 20.6. The number of esters is 1. The van der Waals surface area contributed by atoms with Gasteiger partial charge in [-0.2, -0.15) is 0 Å². The highest BCUT2D eigenvalue weighted by atomic mass is 16.5. The third-order valence-corrected chi connectivity index (χ3v) is 3.62. The van der Waals surface area contributed by atoms with Gasteiger partial charge in [0.15, 0.2) is 0 Å². The molecule has 0 aliphatic heterocycles. The van der Waals surface area contributed by atoms with Crippen LogP contribution in [0.2, 0.25) is 0 Å². The number of rotatable bonds is 4. The van der Waals surface area contributed by atoms with Gasteiger partial charge in [0.2, 0.25) is 5.91 Å². The molecule has 0 saturated heterocycles. The predicted octanol–water partition coefficient (Wildman–Crippen LogP) is 4.42. The summed E-state index contributed by atoms with van der Waals surface area (Å²) in [4.78, 5) is 23.0. The summed E-state index contributed by atoms with van der Waals surface area (Å²) < 4.78 is 5.27. The van der Waals surface area contributed by atoms with E-state index >= 15 is 0 Å². The predicted molar refractivity (Wildman–Crippen MR) is 99.4 cm³/mol. The van der Waals surface area contributed by atoms with Crippen LogP contribution >= 0.6 is 0 Å². The van der Waals surface area contributed by atoms with Gasteiger partial charge in [-0.3, -0.25) is 4.79 Å². The van der Waals surface area contributed by atoms with E-state index < -0.39 is 5.97 Å². The average molecular weight is 331 g/mol. The Labute approximate surface area is 145 Å². The monoisotopic (exact) mass is 331 g/mol. The number of hydrogen-bond donors (Lipinski definition) is 1. The summed E-state index contributed by atoms with van der Waals surface area (Å²) in [7, 11) is 0. The van der Waals surface area contributed by atoms with Gasteiger partial charge in [0.25, 0.3) is 0 Å². The van der Waals surface area contributed by atoms with Crippen molar-refractivity contribution in [2.45, 2.75) is 6.92 Å². The van der Waals surface area contributed by atoms with E-state index in [1.807, 2.05) is 42.5 Å². The maximum atomic E-state index is 12.0. The molecule has 0 aliphatic rings. The first kappa shape index (κ1) is 16.5. The number of amides is 1. The highest BCUT2D eigenvalue weighted by Crippen LogP contribution is 2.20. The van der Waals surface area contributed by atoms with E-state index in [-0.39, 0.29) is 5.91 Å². The van der Waals surface area contributed by atoms with Crippen molar-refractivity contribution in [2.75, 3.05) is 5.32 Å². The molecule has 0 heterocycles. The van der Waals surface area contributed by atoms with Crippen LogP contribution < -0.4 is 10.1 Å². The van der Waals surface area contributed by atoms with Crippen molar-refractivity contribution in [3.63, 3.8) is 0 Å². The van der Waals surface area contributed by atoms with Crippen LogP contribution in [0.15, 0.2) is 72.8 Å². The van der Waals surface area contributed by atoms with Gasteiger partial charge in [-0.05, 0) is 46.7 Å². The lowest BCUT2D eigenvalue weighted by Gasteiger charge is -2.05. The van der Waals surface area contributed by atoms with Gasteiger partial charge in [0.05, 0.1) is 0 Å². The van der Waals surface area contributed by atoms with Crippen molar-refractivity contribution < 1.29 is 14.3 Å². The van der Waals surface area contributed by atoms with Crippen LogP contribution in [0.1, 0.15) is 12.5 Å². The Kier molecular flexibility index (Phi) is 4.90. The molecule has 3 aromatic rings. The second-order valence-electron chi connectivity index (χ2n) is 5.53. The SMILES string of the molecule is CC(=O)Nc1ccc(OC(=O)C=Cc2cccc3ccccc23)cc1. The number of carbonyl (C=O) groups is 2. The second kappa shape index (κ2) is 7.45. The van der Waals surface area contributed by atoms with Crippen LogP contribution in [0.4, 0.5) is 5.69 Å². The molecular weight excluding hydrogens is 314 g/mol. The van der Waals surface area contributed by atoms with Gasteiger partial charge in [-0.25, -0.2) is 4.79 Å². The normalized spacial score (nSPS) is 10.8. The van der Waals surface area contributed by atoms with E-state index in [2.05, 4.69) is 5.32 Å². The van der Waals surface area contributed by atoms with Crippen molar-refractivity contribution in [3.8, 4) is 5.75 Å². The van der Waals surface area contributed by atoms with Crippen molar-refractivity contribution >= 4 is 34.4 Å². The number of nitrogens with one attached hydrogen (secondary N) is 1. The molecule has 25 heavy (non-hydrogen) atoms. The Morgan fingerprint density at radius 2 is 1.64 bits per heavy atom. The zero-order valence-corrected chi connectivity index (χ0v) is 13.7. The minimum atomic E-state index is -0.458. The summed E-state index contributed by atoms with van der Waals surface area (Å²) in [5.74, 6) is -0.190. The van der Waals surface area contributed by atoms with Gasteiger partial charge in [0.1, 0.15) is 5.75 Å². The molecule has 0 fully saturated rings. The molecule has 3 aromatic carbocycles. The van der Waals surface area contributed by atoms with Crippen molar-refractivity contribution in [2.24, 2.45) is 0 Å². The molecule has 0 spiro atoms. The standard InChI is InChI=1S/C21H17NO3/c1-15(23)22-18-10-12-19(13-11-18)25-21(24)14-9-17-7-4-6-16-5-2-3-8-20(16)17/h2-14H,1H3,(H,22,23). The molecular formula is C21H17NO3. The lowest BCUT2D eigenvalue weighted by molar-refractivity contribution is -0.128. The number of ether oxygens (including phenoxy) is 1. The molecule has 124 valence electrons. The largest absolute Gasteiger partial charge is 0.423 e. The molecule has 0 saturated carbocycles. The van der Waals surface area contributed by atoms with E-state index in [9.17, 15) is 9.59 Å². The fourth-order valence-electron chi connectivity index (χ4n) is 2.51. The number of anilines is 1. The van der Waals surface area contributed by atoms with Crippen LogP contribution in [-0.2, 0) is 9.59 Å². The highest BCUT2D eigenvalue weighted by molar-refractivity contribution is 5.95. The Bertz CT molecular complexity index is 938. The molecule has 0 aliphatic carbocycles. The lowest BCUT2D eigenvalue weighted by atomic mass is 10.0. The van der Waals surface area contributed by atoms with Crippen LogP contribution in [0, 0.1) is 0 Å². The molecule has 0 aromatic heterocycles. The molecule has 1 N–H and O–H groups in total. The van der Waals surface area contributed by atoms with Gasteiger partial charge in [0, 0.05) is 18.7 Å². The highest BCUT2D eigenvalue weighted by Gasteiger charge is 2.03. The average Bonchev–Trinajstić information content (AvgIpc) is 2.61. The number of fused-ring (bicyclic) bond motifs is 1. The summed E-state index contributed by atoms with van der Waals surface area (Å²) >= 11 is 0. The number of benzene rings is 3. The number of carbonyl (C=O) groups excluding carboxylic acids is 2. The molecule has 3 rings (SSSR count). The van der Waals surface area contributed by atoms with E-state index in [4.69, 9.17) is 4.74 Å². The van der Waals surface area contributed by atoms with Crippen LogP contribution in [0.3, 0.4) is 0 Å². The van der Waals surface area contributed by atoms with Gasteiger partial charge < -0.3 is 10.1 Å². The summed E-state index contributed by atoms with van der Waals surface area (Å²) in [6.07, 6.45) is 3.15. The molecule has 0 radical (unpaired) electrons. The fourth-order valence-corrected chi connectivity index (χ4v) is 2.51. The summed E-state index contributed by atoms with van der Waals surface area (Å²) in [6.45, 7) is 1.44. The van der Waals surface area contributed by atoms with Gasteiger partial charge >= 0.3 is 5.97 Å². The number of hydrogen-bond acceptors (Lipinski definition) is 3. The summed E-state index contributed by atoms with van der Waals surface area (Å²) in [5.41, 5.74) is 1.61. The van der Waals surface area contributed by atoms with Crippen LogP contribution in [-0.4, -0.2) is 11.9 Å². The molecule has 0 bridgehead atoms. The molecule has 4 heteroatoms. The third kappa shape index (κ3) is 4.32. The Balaban J connectivity index is 1.69. The molecule has 0 atom stereocenters. The van der Waals surface area contributed by atoms with Crippen molar-refractivity contribution in [1.82, 2.24) is 0 Å². The summed E-state index contributed by atoms with van der Waals surface area (Å²) in [5, 5.41) is 4.85. The minimum absolute atomic E-state index is 0.150.